The lowest BCUT2D eigenvalue weighted by Gasteiger charge is -2.12. The molecule has 0 radical (unpaired) electrons. The van der Waals surface area contributed by atoms with Crippen molar-refractivity contribution >= 4 is 40.3 Å². The number of esters is 1. The minimum Gasteiger partial charge on any atom is -0.504 e. The van der Waals surface area contributed by atoms with Crippen molar-refractivity contribution in [3.63, 3.8) is 0 Å². The van der Waals surface area contributed by atoms with Crippen molar-refractivity contribution in [3.05, 3.63) is 39.8 Å². The van der Waals surface area contributed by atoms with Crippen LogP contribution in [0.1, 0.15) is 46.1 Å². The van der Waals surface area contributed by atoms with Gasteiger partial charge in [0.2, 0.25) is 0 Å². The molecule has 1 aliphatic rings. The number of rotatable bonds is 6. The Balaban J connectivity index is 1.71. The van der Waals surface area contributed by atoms with E-state index in [0.29, 0.717) is 16.1 Å². The summed E-state index contributed by atoms with van der Waals surface area (Å²) in [6.45, 7) is 1.92. The van der Waals surface area contributed by atoms with Crippen LogP contribution in [0.5, 0.6) is 11.5 Å². The van der Waals surface area contributed by atoms with Crippen LogP contribution < -0.4 is 15.5 Å². The van der Waals surface area contributed by atoms with Crippen LogP contribution in [-0.2, 0) is 27.2 Å². The molecule has 0 aliphatic heterocycles. The molecule has 0 fully saturated rings. The molecule has 9 nitrogen and oxygen atoms in total. The molecule has 10 heteroatoms. The van der Waals surface area contributed by atoms with Gasteiger partial charge < -0.3 is 19.9 Å². The van der Waals surface area contributed by atoms with Gasteiger partial charge in [-0.15, -0.1) is 11.3 Å². The summed E-state index contributed by atoms with van der Waals surface area (Å²) in [5.41, 5.74) is 3.62. The number of aromatic hydroxyl groups is 1. The first-order valence-electron chi connectivity index (χ1n) is 9.78. The highest BCUT2D eigenvalue weighted by atomic mass is 32.1. The molecule has 0 saturated carbocycles. The number of ether oxygens (including phenoxy) is 2. The third-order valence-electron chi connectivity index (χ3n) is 4.70. The van der Waals surface area contributed by atoms with E-state index in [1.807, 2.05) is 0 Å². The van der Waals surface area contributed by atoms with E-state index >= 15 is 0 Å². The largest absolute Gasteiger partial charge is 0.504 e. The minimum atomic E-state index is -1.01. The van der Waals surface area contributed by atoms with Gasteiger partial charge in [0.05, 0.1) is 25.5 Å². The van der Waals surface area contributed by atoms with Crippen molar-refractivity contribution in [1.82, 2.24) is 5.43 Å². The number of methoxy groups -OCH3 is 1. The Bertz CT molecular complexity index is 1030. The molecule has 2 aromatic rings. The molecule has 1 aliphatic carbocycles. The standard InChI is InChI=1S/C21H23N3O6S/c1-3-30-21(28)16-13-8-4-5-10-15(13)31-20(16)23-18(26)19(27)24-22-11-12-7-6-9-14(29-2)17(12)25/h6-7,9,11,25H,3-5,8,10H2,1-2H3,(H,23,26)(H,24,27). The topological polar surface area (TPSA) is 126 Å². The van der Waals surface area contributed by atoms with Gasteiger partial charge >= 0.3 is 17.8 Å². The Morgan fingerprint density at radius 2 is 2.00 bits per heavy atom. The molecule has 2 amide bonds. The number of phenols is 1. The number of thiophene rings is 1. The molecule has 0 saturated heterocycles. The number of para-hydroxylation sites is 1. The van der Waals surface area contributed by atoms with E-state index in [4.69, 9.17) is 9.47 Å². The number of carbonyl (C=O) groups excluding carboxylic acids is 3. The second-order valence-corrected chi connectivity index (χ2v) is 7.79. The highest BCUT2D eigenvalue weighted by Crippen LogP contribution is 2.38. The number of nitrogens with zero attached hydrogens (tertiary/aromatic N) is 1. The van der Waals surface area contributed by atoms with Gasteiger partial charge in [0, 0.05) is 10.4 Å². The average Bonchev–Trinajstić information content (AvgIpc) is 3.12. The van der Waals surface area contributed by atoms with Crippen molar-refractivity contribution in [1.29, 1.82) is 0 Å². The van der Waals surface area contributed by atoms with Crippen molar-refractivity contribution in [2.24, 2.45) is 5.10 Å². The van der Waals surface area contributed by atoms with Crippen LogP contribution in [0.25, 0.3) is 0 Å². The number of anilines is 1. The molecule has 0 bridgehead atoms. The number of benzene rings is 1. The summed E-state index contributed by atoms with van der Waals surface area (Å²) in [7, 11) is 1.41. The fourth-order valence-electron chi connectivity index (χ4n) is 3.25. The quantitative estimate of drug-likeness (QED) is 0.272. The molecule has 1 aromatic heterocycles. The number of hydrazone groups is 1. The predicted molar refractivity (Wildman–Crippen MR) is 116 cm³/mol. The molecule has 1 heterocycles. The zero-order valence-corrected chi connectivity index (χ0v) is 18.0. The highest BCUT2D eigenvalue weighted by Gasteiger charge is 2.28. The Morgan fingerprint density at radius 1 is 1.23 bits per heavy atom. The first-order valence-corrected chi connectivity index (χ1v) is 10.6. The van der Waals surface area contributed by atoms with Gasteiger partial charge in [-0.1, -0.05) is 6.07 Å². The number of hydrogen-bond acceptors (Lipinski definition) is 8. The van der Waals surface area contributed by atoms with Gasteiger partial charge in [-0.3, -0.25) is 9.59 Å². The summed E-state index contributed by atoms with van der Waals surface area (Å²) < 4.78 is 10.1. The van der Waals surface area contributed by atoms with Crippen molar-refractivity contribution in [2.75, 3.05) is 19.0 Å². The maximum absolute atomic E-state index is 12.4. The summed E-state index contributed by atoms with van der Waals surface area (Å²) in [6, 6.07) is 4.78. The summed E-state index contributed by atoms with van der Waals surface area (Å²) in [5.74, 6) is -2.38. The van der Waals surface area contributed by atoms with Gasteiger partial charge in [-0.25, -0.2) is 10.2 Å². The van der Waals surface area contributed by atoms with Crippen molar-refractivity contribution in [3.8, 4) is 11.5 Å². The molecular formula is C21H23N3O6S. The number of fused-ring (bicyclic) bond motifs is 1. The number of phenolic OH excluding ortho intramolecular Hbond substituents is 1. The average molecular weight is 445 g/mol. The Kier molecular flexibility index (Phi) is 7.24. The summed E-state index contributed by atoms with van der Waals surface area (Å²) >= 11 is 1.29. The highest BCUT2D eigenvalue weighted by molar-refractivity contribution is 7.17. The van der Waals surface area contributed by atoms with Crippen LogP contribution in [0.3, 0.4) is 0 Å². The van der Waals surface area contributed by atoms with Gasteiger partial charge in [-0.2, -0.15) is 5.10 Å². The van der Waals surface area contributed by atoms with Crippen LogP contribution in [-0.4, -0.2) is 42.8 Å². The van der Waals surface area contributed by atoms with Crippen molar-refractivity contribution in [2.45, 2.75) is 32.6 Å². The summed E-state index contributed by atoms with van der Waals surface area (Å²) in [6.07, 6.45) is 4.71. The SMILES string of the molecule is CCOC(=O)c1c(NC(=O)C(=O)NN=Cc2cccc(OC)c2O)sc2c1CCCC2. The lowest BCUT2D eigenvalue weighted by atomic mass is 9.95. The number of aryl methyl sites for hydroxylation is 1. The van der Waals surface area contributed by atoms with Crippen LogP contribution in [0.15, 0.2) is 23.3 Å². The van der Waals surface area contributed by atoms with E-state index in [1.165, 1.54) is 24.7 Å². The monoisotopic (exact) mass is 445 g/mol. The molecule has 0 spiro atoms. The fraction of sp³-hybridized carbons (Fsp3) is 0.333. The van der Waals surface area contributed by atoms with E-state index in [1.54, 1.807) is 25.1 Å². The number of carbonyl (C=O) groups is 3. The lowest BCUT2D eigenvalue weighted by Crippen LogP contribution is -2.32. The molecule has 0 unspecified atom stereocenters. The molecule has 164 valence electrons. The van der Waals surface area contributed by atoms with E-state index in [9.17, 15) is 19.5 Å². The second-order valence-electron chi connectivity index (χ2n) is 6.69. The maximum Gasteiger partial charge on any atom is 0.341 e. The third-order valence-corrected chi connectivity index (χ3v) is 5.91. The Morgan fingerprint density at radius 3 is 2.74 bits per heavy atom. The molecule has 0 atom stereocenters. The lowest BCUT2D eigenvalue weighted by molar-refractivity contribution is -0.136. The maximum atomic E-state index is 12.4. The van der Waals surface area contributed by atoms with Gasteiger partial charge in [0.15, 0.2) is 11.5 Å². The third kappa shape index (κ3) is 5.02. The molecular weight excluding hydrogens is 422 g/mol. The summed E-state index contributed by atoms with van der Waals surface area (Å²) in [5, 5.41) is 16.5. The first kappa shape index (κ1) is 22.3. The van der Waals surface area contributed by atoms with Crippen LogP contribution in [0.2, 0.25) is 0 Å². The van der Waals surface area contributed by atoms with Crippen molar-refractivity contribution < 1.29 is 29.0 Å². The normalized spacial score (nSPS) is 12.8. The zero-order valence-electron chi connectivity index (χ0n) is 17.2. The Labute approximate surface area is 183 Å². The van der Waals surface area contributed by atoms with E-state index in [0.717, 1.165) is 36.1 Å². The van der Waals surface area contributed by atoms with Gasteiger partial charge in [0.1, 0.15) is 5.00 Å². The molecule has 3 N–H and O–H groups in total. The van der Waals surface area contributed by atoms with E-state index in [2.05, 4.69) is 15.8 Å². The predicted octanol–water partition coefficient (Wildman–Crippen LogP) is 2.61. The van der Waals surface area contributed by atoms with Gasteiger partial charge in [-0.05, 0) is 50.3 Å². The van der Waals surface area contributed by atoms with Crippen LogP contribution in [0, 0.1) is 0 Å². The van der Waals surface area contributed by atoms with Crippen LogP contribution in [0.4, 0.5) is 5.00 Å². The van der Waals surface area contributed by atoms with E-state index < -0.39 is 17.8 Å². The number of amides is 2. The number of nitrogens with one attached hydrogen (secondary N) is 2. The second kappa shape index (κ2) is 10.1. The zero-order chi connectivity index (χ0) is 22.4. The van der Waals surface area contributed by atoms with E-state index in [-0.39, 0.29) is 18.1 Å². The van der Waals surface area contributed by atoms with Crippen LogP contribution >= 0.6 is 11.3 Å². The minimum absolute atomic E-state index is 0.143. The first-order chi connectivity index (χ1) is 15.0. The fourth-order valence-corrected chi connectivity index (χ4v) is 4.52. The van der Waals surface area contributed by atoms with Gasteiger partial charge in [0.25, 0.3) is 0 Å². The molecule has 3 rings (SSSR count). The molecule has 31 heavy (non-hydrogen) atoms. The number of hydrogen-bond donors (Lipinski definition) is 3. The summed E-state index contributed by atoms with van der Waals surface area (Å²) in [4.78, 5) is 38.0. The Hall–Kier alpha value is -3.40. The molecule has 1 aromatic carbocycles. The smallest absolute Gasteiger partial charge is 0.341 e.